The Morgan fingerprint density at radius 1 is 0.833 bits per heavy atom. The Labute approximate surface area is 213 Å². The lowest BCUT2D eigenvalue weighted by molar-refractivity contribution is -0.125. The molecule has 3 saturated heterocycles. The zero-order valence-corrected chi connectivity index (χ0v) is 21.1. The van der Waals surface area contributed by atoms with E-state index in [2.05, 4.69) is 47.2 Å². The summed E-state index contributed by atoms with van der Waals surface area (Å²) in [5.41, 5.74) is 0.696. The average Bonchev–Trinajstić information content (AvgIpc) is 3.47. The van der Waals surface area contributed by atoms with E-state index >= 15 is 0 Å². The van der Waals surface area contributed by atoms with Crippen molar-refractivity contribution in [2.24, 2.45) is 5.92 Å². The maximum atomic E-state index is 14.0. The van der Waals surface area contributed by atoms with Crippen molar-refractivity contribution in [1.29, 1.82) is 0 Å². The van der Waals surface area contributed by atoms with Crippen molar-refractivity contribution in [2.75, 3.05) is 80.1 Å². The van der Waals surface area contributed by atoms with Crippen molar-refractivity contribution >= 4 is 23.2 Å². The van der Waals surface area contributed by atoms with Gasteiger partial charge in [0.15, 0.2) is 11.6 Å². The fourth-order valence-electron chi connectivity index (χ4n) is 5.55. The summed E-state index contributed by atoms with van der Waals surface area (Å²) in [4.78, 5) is 21.7. The maximum Gasteiger partial charge on any atom is 0.223 e. The fraction of sp³-hybridized carbons (Fsp3) is 0.593. The number of piperazine rings is 1. The molecule has 5 rings (SSSR count). The molecule has 3 aliphatic rings. The molecule has 0 saturated carbocycles. The highest BCUT2D eigenvalue weighted by Gasteiger charge is 2.26. The molecule has 3 fully saturated rings. The topological polar surface area (TPSA) is 67.8 Å². The summed E-state index contributed by atoms with van der Waals surface area (Å²) in [7, 11) is 0. The van der Waals surface area contributed by atoms with Crippen molar-refractivity contribution in [3.05, 3.63) is 42.2 Å². The van der Waals surface area contributed by atoms with Crippen LogP contribution in [0.1, 0.15) is 32.1 Å². The molecule has 0 bridgehead atoms. The highest BCUT2D eigenvalue weighted by molar-refractivity contribution is 5.78. The van der Waals surface area contributed by atoms with E-state index in [1.54, 1.807) is 6.07 Å². The molecule has 1 aromatic carbocycles. The summed E-state index contributed by atoms with van der Waals surface area (Å²) in [5, 5.41) is 12.0. The molecule has 1 N–H and O–H groups in total. The predicted molar refractivity (Wildman–Crippen MR) is 141 cm³/mol. The molecule has 0 aliphatic carbocycles. The predicted octanol–water partition coefficient (Wildman–Crippen LogP) is 2.76. The lowest BCUT2D eigenvalue weighted by Gasteiger charge is -2.36. The van der Waals surface area contributed by atoms with Crippen LogP contribution in [0, 0.1) is 11.7 Å². The molecule has 194 valence electrons. The van der Waals surface area contributed by atoms with Gasteiger partial charge >= 0.3 is 0 Å². The third-order valence-corrected chi connectivity index (χ3v) is 7.77. The molecule has 3 aliphatic heterocycles. The van der Waals surface area contributed by atoms with E-state index in [1.165, 1.54) is 18.9 Å². The summed E-state index contributed by atoms with van der Waals surface area (Å²) in [6.07, 6.45) is 5.09. The Morgan fingerprint density at radius 3 is 2.11 bits per heavy atom. The number of piperidine rings is 1. The van der Waals surface area contributed by atoms with E-state index in [1.807, 2.05) is 12.1 Å². The second kappa shape index (κ2) is 11.9. The second-order valence-electron chi connectivity index (χ2n) is 10.1. The van der Waals surface area contributed by atoms with E-state index in [4.69, 9.17) is 0 Å². The molecule has 4 heterocycles. The van der Waals surface area contributed by atoms with Crippen LogP contribution >= 0.6 is 0 Å². The van der Waals surface area contributed by atoms with Crippen LogP contribution in [0.2, 0.25) is 0 Å². The standard InChI is InChI=1S/C27H38FN7O/c28-23-6-1-2-7-24(23)33-20-18-32(19-21-33)13-5-12-29-27(36)22-10-16-35(17-11-22)26-9-8-25(30-31-26)34-14-3-4-15-34/h1-2,6-9,22H,3-5,10-21H2,(H,29,36). The number of hydrogen-bond donors (Lipinski definition) is 1. The maximum absolute atomic E-state index is 14.0. The largest absolute Gasteiger partial charge is 0.367 e. The van der Waals surface area contributed by atoms with Crippen LogP contribution in [-0.2, 0) is 4.79 Å². The molecular formula is C27H38FN7O. The first-order chi connectivity index (χ1) is 17.7. The highest BCUT2D eigenvalue weighted by Crippen LogP contribution is 2.24. The van der Waals surface area contributed by atoms with Crippen LogP contribution in [0.3, 0.4) is 0 Å². The molecule has 36 heavy (non-hydrogen) atoms. The van der Waals surface area contributed by atoms with Crippen LogP contribution in [-0.4, -0.2) is 86.5 Å². The van der Waals surface area contributed by atoms with Crippen molar-refractivity contribution in [3.8, 4) is 0 Å². The van der Waals surface area contributed by atoms with Crippen molar-refractivity contribution < 1.29 is 9.18 Å². The van der Waals surface area contributed by atoms with E-state index in [-0.39, 0.29) is 17.6 Å². The van der Waals surface area contributed by atoms with Crippen LogP contribution in [0.4, 0.5) is 21.7 Å². The van der Waals surface area contributed by atoms with Crippen LogP contribution < -0.4 is 20.0 Å². The number of hydrogen-bond acceptors (Lipinski definition) is 7. The number of benzene rings is 1. The van der Waals surface area contributed by atoms with Crippen molar-refractivity contribution in [1.82, 2.24) is 20.4 Å². The van der Waals surface area contributed by atoms with Crippen molar-refractivity contribution in [2.45, 2.75) is 32.1 Å². The van der Waals surface area contributed by atoms with Gasteiger partial charge in [0.05, 0.1) is 5.69 Å². The summed E-state index contributed by atoms with van der Waals surface area (Å²) in [5.74, 6) is 1.98. The molecule has 0 atom stereocenters. The normalized spacial score (nSPS) is 19.6. The van der Waals surface area contributed by atoms with E-state index in [0.717, 1.165) is 89.8 Å². The summed E-state index contributed by atoms with van der Waals surface area (Å²) in [6.45, 7) is 8.97. The molecule has 2 aromatic rings. The average molecular weight is 496 g/mol. The minimum atomic E-state index is -0.150. The van der Waals surface area contributed by atoms with Crippen molar-refractivity contribution in [3.63, 3.8) is 0 Å². The Morgan fingerprint density at radius 2 is 1.47 bits per heavy atom. The number of aromatic nitrogens is 2. The number of nitrogens with one attached hydrogen (secondary N) is 1. The van der Waals surface area contributed by atoms with Gasteiger partial charge < -0.3 is 20.0 Å². The minimum Gasteiger partial charge on any atom is -0.367 e. The second-order valence-corrected chi connectivity index (χ2v) is 10.1. The van der Waals surface area contributed by atoms with E-state index < -0.39 is 0 Å². The number of amides is 1. The number of carbonyl (C=O) groups is 1. The van der Waals surface area contributed by atoms with Crippen LogP contribution in [0.5, 0.6) is 0 Å². The lowest BCUT2D eigenvalue weighted by atomic mass is 9.96. The highest BCUT2D eigenvalue weighted by atomic mass is 19.1. The quantitative estimate of drug-likeness (QED) is 0.565. The SMILES string of the molecule is O=C(NCCCN1CCN(c2ccccc2F)CC1)C1CCN(c2ccc(N3CCCC3)nn2)CC1. The van der Waals surface area contributed by atoms with Gasteiger partial charge in [0.2, 0.25) is 5.91 Å². The number of nitrogens with zero attached hydrogens (tertiary/aromatic N) is 6. The van der Waals surface area contributed by atoms with Gasteiger partial charge in [-0.3, -0.25) is 9.69 Å². The molecule has 0 unspecified atom stereocenters. The lowest BCUT2D eigenvalue weighted by Crippen LogP contribution is -2.47. The van der Waals surface area contributed by atoms with Gasteiger partial charge in [-0.15, -0.1) is 10.2 Å². The minimum absolute atomic E-state index is 0.0717. The van der Waals surface area contributed by atoms with Gasteiger partial charge in [-0.1, -0.05) is 12.1 Å². The number of anilines is 3. The van der Waals surface area contributed by atoms with E-state index in [9.17, 15) is 9.18 Å². The monoisotopic (exact) mass is 495 g/mol. The summed E-state index contributed by atoms with van der Waals surface area (Å²) < 4.78 is 14.0. The van der Waals surface area contributed by atoms with Gasteiger partial charge in [0.25, 0.3) is 0 Å². The first-order valence-electron chi connectivity index (χ1n) is 13.5. The van der Waals surface area contributed by atoms with Gasteiger partial charge in [0.1, 0.15) is 5.82 Å². The van der Waals surface area contributed by atoms with Crippen LogP contribution in [0.15, 0.2) is 36.4 Å². The van der Waals surface area contributed by atoms with Crippen LogP contribution in [0.25, 0.3) is 0 Å². The Kier molecular flexibility index (Phi) is 8.15. The third-order valence-electron chi connectivity index (χ3n) is 7.77. The summed E-state index contributed by atoms with van der Waals surface area (Å²) >= 11 is 0. The molecule has 8 nitrogen and oxygen atoms in total. The van der Waals surface area contributed by atoms with Gasteiger partial charge in [0, 0.05) is 64.8 Å². The molecule has 9 heteroatoms. The zero-order valence-electron chi connectivity index (χ0n) is 21.1. The van der Waals surface area contributed by atoms with Gasteiger partial charge in [-0.25, -0.2) is 4.39 Å². The number of carbonyl (C=O) groups excluding carboxylic acids is 1. The number of halogens is 1. The molecule has 0 radical (unpaired) electrons. The molecule has 0 spiro atoms. The Balaban J connectivity index is 0.970. The number of para-hydroxylation sites is 1. The third kappa shape index (κ3) is 6.06. The molecular weight excluding hydrogens is 457 g/mol. The molecule has 1 amide bonds. The van der Waals surface area contributed by atoms with E-state index in [0.29, 0.717) is 12.2 Å². The summed E-state index contributed by atoms with van der Waals surface area (Å²) in [6, 6.07) is 11.1. The van der Waals surface area contributed by atoms with Gasteiger partial charge in [-0.2, -0.15) is 0 Å². The fourth-order valence-corrected chi connectivity index (χ4v) is 5.55. The smallest absolute Gasteiger partial charge is 0.223 e. The number of rotatable bonds is 8. The zero-order chi connectivity index (χ0) is 24.7. The first-order valence-corrected chi connectivity index (χ1v) is 13.5. The Hall–Kier alpha value is -2.94. The Bertz CT molecular complexity index is 982. The first kappa shape index (κ1) is 24.7. The molecule has 1 aromatic heterocycles. The van der Waals surface area contributed by atoms with Gasteiger partial charge in [-0.05, 0) is 62.9 Å².